The zero-order valence-corrected chi connectivity index (χ0v) is 18.6. The van der Waals surface area contributed by atoms with Gasteiger partial charge in [0.05, 0.1) is 19.0 Å². The Hall–Kier alpha value is -4.05. The molecule has 1 heterocycles. The van der Waals surface area contributed by atoms with E-state index in [1.54, 1.807) is 0 Å². The smallest absolute Gasteiger partial charge is 0.328 e. The lowest BCUT2D eigenvalue weighted by Gasteiger charge is -2.24. The number of aromatic nitrogens is 2. The van der Waals surface area contributed by atoms with Crippen LogP contribution < -0.4 is 27.4 Å². The van der Waals surface area contributed by atoms with Gasteiger partial charge in [0.25, 0.3) is 0 Å². The Labute approximate surface area is 198 Å². The average molecular weight is 499 g/mol. The van der Waals surface area contributed by atoms with Crippen LogP contribution in [0.3, 0.4) is 0 Å². The molecule has 1 aromatic heterocycles. The van der Waals surface area contributed by atoms with Crippen molar-refractivity contribution in [2.24, 2.45) is 11.5 Å². The molecule has 0 fully saturated rings. The molecule has 16 heteroatoms. The van der Waals surface area contributed by atoms with Crippen LogP contribution in [0, 0.1) is 0 Å². The quantitative estimate of drug-likeness (QED) is 0.105. The summed E-state index contributed by atoms with van der Waals surface area (Å²) in [5.74, 6) is -6.41. The highest BCUT2D eigenvalue weighted by Crippen LogP contribution is 2.05. The number of nitrogens with zero attached hydrogens (tertiary/aromatic N) is 1. The standard InChI is InChI=1S/C19H29N7O9/c20-10(5-9-6-22-8-23-9)16(31)24-12(2-4-15(29)30)17(32)25-11(1-3-14(21)28)18(33)26-13(7-27)19(34)35/h6,8,10-13,27H,1-5,7,20H2,(H2,21,28)(H,22,23)(H,24,31)(H,25,32)(H,26,33)(H,29,30)(H,34,35). The summed E-state index contributed by atoms with van der Waals surface area (Å²) in [6.07, 6.45) is 1.30. The van der Waals surface area contributed by atoms with Crippen LogP contribution in [-0.4, -0.2) is 91.6 Å². The van der Waals surface area contributed by atoms with Crippen LogP contribution in [0.15, 0.2) is 12.5 Å². The molecule has 0 bridgehead atoms. The number of aliphatic hydroxyl groups is 1. The second-order valence-corrected chi connectivity index (χ2v) is 7.53. The number of carbonyl (C=O) groups excluding carboxylic acids is 4. The van der Waals surface area contributed by atoms with E-state index >= 15 is 0 Å². The maximum Gasteiger partial charge on any atom is 0.328 e. The van der Waals surface area contributed by atoms with Crippen molar-refractivity contribution >= 4 is 35.6 Å². The van der Waals surface area contributed by atoms with E-state index in [1.165, 1.54) is 12.5 Å². The highest BCUT2D eigenvalue weighted by molar-refractivity contribution is 5.94. The minimum Gasteiger partial charge on any atom is -0.481 e. The first-order chi connectivity index (χ1) is 16.4. The Balaban J connectivity index is 2.97. The molecule has 194 valence electrons. The summed E-state index contributed by atoms with van der Waals surface area (Å²) in [4.78, 5) is 77.6. The Morgan fingerprint density at radius 2 is 1.46 bits per heavy atom. The van der Waals surface area contributed by atoms with E-state index in [-0.39, 0.29) is 25.7 Å². The number of imidazole rings is 1. The number of primary amides is 1. The lowest BCUT2D eigenvalue weighted by atomic mass is 10.1. The zero-order chi connectivity index (χ0) is 26.5. The van der Waals surface area contributed by atoms with Gasteiger partial charge in [0.1, 0.15) is 18.1 Å². The van der Waals surface area contributed by atoms with Crippen molar-refractivity contribution in [1.29, 1.82) is 0 Å². The number of carboxylic acid groups (broad SMARTS) is 2. The van der Waals surface area contributed by atoms with Crippen LogP contribution in [0.5, 0.6) is 0 Å². The largest absolute Gasteiger partial charge is 0.481 e. The molecule has 0 aliphatic carbocycles. The molecule has 0 aromatic carbocycles. The molecule has 1 aromatic rings. The van der Waals surface area contributed by atoms with Crippen LogP contribution in [0.4, 0.5) is 0 Å². The highest BCUT2D eigenvalue weighted by atomic mass is 16.4. The molecule has 0 saturated carbocycles. The zero-order valence-electron chi connectivity index (χ0n) is 18.6. The van der Waals surface area contributed by atoms with Gasteiger partial charge in [0, 0.05) is 31.2 Å². The average Bonchev–Trinajstić information content (AvgIpc) is 3.29. The SMILES string of the molecule is NC(=O)CCC(NC(=O)C(CCC(=O)O)NC(=O)C(N)Cc1cnc[nH]1)C(=O)NC(CO)C(=O)O. The number of nitrogens with two attached hydrogens (primary N) is 2. The molecule has 0 saturated heterocycles. The number of H-pyrrole nitrogens is 1. The van der Waals surface area contributed by atoms with Gasteiger partial charge in [-0.25, -0.2) is 9.78 Å². The van der Waals surface area contributed by atoms with E-state index < -0.39 is 72.8 Å². The van der Waals surface area contributed by atoms with Crippen LogP contribution in [0.1, 0.15) is 31.4 Å². The molecular weight excluding hydrogens is 470 g/mol. The summed E-state index contributed by atoms with van der Waals surface area (Å²) in [7, 11) is 0. The first-order valence-electron chi connectivity index (χ1n) is 10.4. The lowest BCUT2D eigenvalue weighted by Crippen LogP contribution is -2.57. The maximum absolute atomic E-state index is 12.8. The van der Waals surface area contributed by atoms with Crippen molar-refractivity contribution in [2.45, 2.75) is 56.3 Å². The molecule has 0 aliphatic heterocycles. The Morgan fingerprint density at radius 3 is 1.91 bits per heavy atom. The summed E-state index contributed by atoms with van der Waals surface area (Å²) >= 11 is 0. The first kappa shape index (κ1) is 29.0. The summed E-state index contributed by atoms with van der Waals surface area (Å²) in [6.45, 7) is -0.941. The van der Waals surface area contributed by atoms with E-state index in [9.17, 15) is 28.8 Å². The van der Waals surface area contributed by atoms with Gasteiger partial charge in [-0.15, -0.1) is 0 Å². The molecule has 0 spiro atoms. The van der Waals surface area contributed by atoms with E-state index in [2.05, 4.69) is 20.6 Å². The van der Waals surface area contributed by atoms with Crippen molar-refractivity contribution in [3.8, 4) is 0 Å². The molecule has 0 radical (unpaired) electrons. The van der Waals surface area contributed by atoms with Gasteiger partial charge < -0.3 is 47.7 Å². The number of aliphatic hydroxyl groups excluding tert-OH is 1. The number of carbonyl (C=O) groups is 6. The fourth-order valence-corrected chi connectivity index (χ4v) is 2.83. The Bertz CT molecular complexity index is 906. The minimum atomic E-state index is -1.68. The third-order valence-corrected chi connectivity index (χ3v) is 4.72. The van der Waals surface area contributed by atoms with Crippen molar-refractivity contribution in [3.05, 3.63) is 18.2 Å². The first-order valence-corrected chi connectivity index (χ1v) is 10.4. The van der Waals surface area contributed by atoms with Gasteiger partial charge in [-0.3, -0.25) is 24.0 Å². The number of carboxylic acids is 2. The topological polar surface area (TPSA) is 280 Å². The van der Waals surface area contributed by atoms with Gasteiger partial charge >= 0.3 is 11.9 Å². The molecule has 16 nitrogen and oxygen atoms in total. The molecule has 11 N–H and O–H groups in total. The number of hydrogen-bond acceptors (Lipinski definition) is 9. The Kier molecular flexibility index (Phi) is 11.8. The lowest BCUT2D eigenvalue weighted by molar-refractivity contribution is -0.143. The summed E-state index contributed by atoms with van der Waals surface area (Å²) < 4.78 is 0. The maximum atomic E-state index is 12.8. The number of aromatic amines is 1. The third-order valence-electron chi connectivity index (χ3n) is 4.72. The molecule has 4 atom stereocenters. The Morgan fingerprint density at radius 1 is 0.914 bits per heavy atom. The number of nitrogens with one attached hydrogen (secondary N) is 4. The summed E-state index contributed by atoms with van der Waals surface area (Å²) in [6, 6.07) is -5.71. The second-order valence-electron chi connectivity index (χ2n) is 7.53. The number of hydrogen-bond donors (Lipinski definition) is 9. The molecule has 4 unspecified atom stereocenters. The van der Waals surface area contributed by atoms with E-state index in [0.717, 1.165) is 0 Å². The van der Waals surface area contributed by atoms with Crippen LogP contribution in [0.2, 0.25) is 0 Å². The van der Waals surface area contributed by atoms with Gasteiger partial charge in [0.15, 0.2) is 0 Å². The van der Waals surface area contributed by atoms with Crippen LogP contribution in [0.25, 0.3) is 0 Å². The van der Waals surface area contributed by atoms with Crippen LogP contribution >= 0.6 is 0 Å². The van der Waals surface area contributed by atoms with Gasteiger partial charge in [-0.2, -0.15) is 0 Å². The van der Waals surface area contributed by atoms with Crippen LogP contribution in [-0.2, 0) is 35.2 Å². The predicted octanol–water partition coefficient (Wildman–Crippen LogP) is -4.06. The summed E-state index contributed by atoms with van der Waals surface area (Å²) in [5.41, 5.74) is 11.5. The van der Waals surface area contributed by atoms with Gasteiger partial charge in [0.2, 0.25) is 23.6 Å². The second kappa shape index (κ2) is 14.3. The molecule has 1 rings (SSSR count). The minimum absolute atomic E-state index is 0.0421. The monoisotopic (exact) mass is 499 g/mol. The number of amides is 4. The molecule has 4 amide bonds. The van der Waals surface area contributed by atoms with E-state index in [1.807, 2.05) is 5.32 Å². The van der Waals surface area contributed by atoms with Crippen molar-refractivity contribution < 1.29 is 44.1 Å². The van der Waals surface area contributed by atoms with Crippen molar-refractivity contribution in [2.75, 3.05) is 6.61 Å². The predicted molar refractivity (Wildman–Crippen MR) is 116 cm³/mol. The van der Waals surface area contributed by atoms with E-state index in [0.29, 0.717) is 5.69 Å². The van der Waals surface area contributed by atoms with Gasteiger partial charge in [-0.1, -0.05) is 0 Å². The molecular formula is C19H29N7O9. The summed E-state index contributed by atoms with van der Waals surface area (Å²) in [5, 5.41) is 33.7. The van der Waals surface area contributed by atoms with Crippen molar-refractivity contribution in [1.82, 2.24) is 25.9 Å². The fraction of sp³-hybridized carbons (Fsp3) is 0.526. The fourth-order valence-electron chi connectivity index (χ4n) is 2.83. The number of rotatable bonds is 16. The highest BCUT2D eigenvalue weighted by Gasteiger charge is 2.30. The third kappa shape index (κ3) is 10.6. The van der Waals surface area contributed by atoms with E-state index in [4.69, 9.17) is 26.8 Å². The number of aliphatic carboxylic acids is 2. The van der Waals surface area contributed by atoms with Crippen molar-refractivity contribution in [3.63, 3.8) is 0 Å². The van der Waals surface area contributed by atoms with Gasteiger partial charge in [-0.05, 0) is 12.8 Å². The molecule has 0 aliphatic rings. The normalized spacial score (nSPS) is 14.1. The molecule has 35 heavy (non-hydrogen) atoms.